The van der Waals surface area contributed by atoms with Gasteiger partial charge in [-0.1, -0.05) is 56.3 Å². The van der Waals surface area contributed by atoms with Gasteiger partial charge in [0.25, 0.3) is 0 Å². The first-order chi connectivity index (χ1) is 7.65. The summed E-state index contributed by atoms with van der Waals surface area (Å²) in [6.45, 7) is 3.90. The molecule has 16 heavy (non-hydrogen) atoms. The van der Waals surface area contributed by atoms with Gasteiger partial charge in [-0.15, -0.1) is 0 Å². The first-order valence-corrected chi connectivity index (χ1v) is 5.46. The molecular formula is C14H18O2. The second-order valence-electron chi connectivity index (χ2n) is 3.94. The molecule has 2 unspecified atom stereocenters. The molecule has 0 saturated carbocycles. The maximum absolute atomic E-state index is 11.3. The average Bonchev–Trinajstić information content (AvgIpc) is 2.35. The van der Waals surface area contributed by atoms with Crippen molar-refractivity contribution in [3.63, 3.8) is 0 Å². The Bertz CT molecular complexity index is 354. The van der Waals surface area contributed by atoms with Crippen molar-refractivity contribution < 1.29 is 9.53 Å². The molecule has 2 nitrogen and oxygen atoms in total. The summed E-state index contributed by atoms with van der Waals surface area (Å²) in [7, 11) is 1.42. The first-order valence-electron chi connectivity index (χ1n) is 5.46. The molecular weight excluding hydrogens is 200 g/mol. The average molecular weight is 218 g/mol. The van der Waals surface area contributed by atoms with Crippen molar-refractivity contribution in [3.05, 3.63) is 42.0 Å². The number of hydrogen-bond acceptors (Lipinski definition) is 2. The number of benzene rings is 1. The Hall–Kier alpha value is -1.57. The molecule has 0 bridgehead atoms. The number of carbonyl (C=O) groups excluding carboxylic acids is 1. The molecule has 0 aliphatic rings. The first kappa shape index (κ1) is 12.5. The second kappa shape index (κ2) is 6.11. The number of allylic oxidation sites excluding steroid dienone is 1. The van der Waals surface area contributed by atoms with E-state index in [9.17, 15) is 4.79 Å². The second-order valence-corrected chi connectivity index (χ2v) is 3.94. The lowest BCUT2D eigenvalue weighted by Gasteiger charge is -2.13. The third-order valence-electron chi connectivity index (χ3n) is 2.75. The Morgan fingerprint density at radius 3 is 2.44 bits per heavy atom. The number of hydrogen-bond donors (Lipinski definition) is 0. The van der Waals surface area contributed by atoms with E-state index in [0.717, 1.165) is 5.56 Å². The molecule has 0 aliphatic carbocycles. The predicted octanol–water partition coefficient (Wildman–Crippen LogP) is 3.15. The van der Waals surface area contributed by atoms with Gasteiger partial charge in [-0.25, -0.2) is 0 Å². The van der Waals surface area contributed by atoms with Crippen LogP contribution < -0.4 is 0 Å². The summed E-state index contributed by atoms with van der Waals surface area (Å²) in [4.78, 5) is 11.3. The van der Waals surface area contributed by atoms with E-state index >= 15 is 0 Å². The lowest BCUT2D eigenvalue weighted by Crippen LogP contribution is -2.18. The highest BCUT2D eigenvalue weighted by molar-refractivity contribution is 5.72. The minimum Gasteiger partial charge on any atom is -0.469 e. The number of methoxy groups -OCH3 is 1. The van der Waals surface area contributed by atoms with Crippen LogP contribution in [0.3, 0.4) is 0 Å². The summed E-state index contributed by atoms with van der Waals surface area (Å²) in [5.41, 5.74) is 1.14. The molecule has 0 amide bonds. The fraction of sp³-hybridized carbons (Fsp3) is 0.357. The fourth-order valence-corrected chi connectivity index (χ4v) is 1.39. The van der Waals surface area contributed by atoms with E-state index in [1.165, 1.54) is 7.11 Å². The Morgan fingerprint density at radius 2 is 1.88 bits per heavy atom. The maximum Gasteiger partial charge on any atom is 0.308 e. The molecule has 1 aromatic rings. The van der Waals surface area contributed by atoms with Gasteiger partial charge >= 0.3 is 5.97 Å². The van der Waals surface area contributed by atoms with Crippen molar-refractivity contribution in [2.45, 2.75) is 13.8 Å². The van der Waals surface area contributed by atoms with Crippen molar-refractivity contribution in [1.29, 1.82) is 0 Å². The molecule has 0 spiro atoms. The topological polar surface area (TPSA) is 26.3 Å². The fourth-order valence-electron chi connectivity index (χ4n) is 1.39. The Labute approximate surface area is 96.9 Å². The van der Waals surface area contributed by atoms with E-state index in [2.05, 4.69) is 0 Å². The van der Waals surface area contributed by atoms with Gasteiger partial charge in [0.1, 0.15) is 0 Å². The van der Waals surface area contributed by atoms with Crippen molar-refractivity contribution in [3.8, 4) is 0 Å². The van der Waals surface area contributed by atoms with E-state index in [4.69, 9.17) is 4.74 Å². The van der Waals surface area contributed by atoms with Gasteiger partial charge in [0.15, 0.2) is 0 Å². The zero-order valence-electron chi connectivity index (χ0n) is 10.0. The van der Waals surface area contributed by atoms with Crippen LogP contribution in [0.25, 0.3) is 6.08 Å². The van der Waals surface area contributed by atoms with Gasteiger partial charge in [-0.2, -0.15) is 0 Å². The van der Waals surface area contributed by atoms with E-state index in [0.29, 0.717) is 0 Å². The summed E-state index contributed by atoms with van der Waals surface area (Å²) in [5.74, 6) is -0.0946. The highest BCUT2D eigenvalue weighted by Crippen LogP contribution is 2.15. The van der Waals surface area contributed by atoms with Crippen molar-refractivity contribution in [2.75, 3.05) is 7.11 Å². The highest BCUT2D eigenvalue weighted by Gasteiger charge is 2.18. The van der Waals surface area contributed by atoms with E-state index in [-0.39, 0.29) is 17.8 Å². The molecule has 1 aromatic carbocycles. The van der Waals surface area contributed by atoms with Crippen LogP contribution in [0.15, 0.2) is 36.4 Å². The quantitative estimate of drug-likeness (QED) is 0.726. The monoisotopic (exact) mass is 218 g/mol. The molecule has 0 saturated heterocycles. The van der Waals surface area contributed by atoms with E-state index in [1.807, 2.05) is 56.3 Å². The van der Waals surface area contributed by atoms with Gasteiger partial charge in [-0.05, 0) is 11.5 Å². The summed E-state index contributed by atoms with van der Waals surface area (Å²) >= 11 is 0. The van der Waals surface area contributed by atoms with Gasteiger partial charge < -0.3 is 4.74 Å². The molecule has 0 N–H and O–H groups in total. The predicted molar refractivity (Wildman–Crippen MR) is 65.8 cm³/mol. The maximum atomic E-state index is 11.3. The van der Waals surface area contributed by atoms with Gasteiger partial charge in [-0.3, -0.25) is 4.79 Å². The van der Waals surface area contributed by atoms with Crippen molar-refractivity contribution in [2.24, 2.45) is 11.8 Å². The Balaban J connectivity index is 2.61. The number of rotatable bonds is 4. The molecule has 0 heterocycles. The summed E-state index contributed by atoms with van der Waals surface area (Å²) in [6, 6.07) is 10.0. The van der Waals surface area contributed by atoms with E-state index in [1.54, 1.807) is 0 Å². The summed E-state index contributed by atoms with van der Waals surface area (Å²) in [5, 5.41) is 0. The van der Waals surface area contributed by atoms with E-state index < -0.39 is 0 Å². The molecule has 2 heteroatoms. The number of esters is 1. The van der Waals surface area contributed by atoms with Crippen molar-refractivity contribution >= 4 is 12.0 Å². The van der Waals surface area contributed by atoms with Crippen LogP contribution >= 0.6 is 0 Å². The Morgan fingerprint density at radius 1 is 1.25 bits per heavy atom. The van der Waals surface area contributed by atoms with Crippen LogP contribution in [0.2, 0.25) is 0 Å². The lowest BCUT2D eigenvalue weighted by atomic mass is 9.95. The minimum absolute atomic E-state index is 0.107. The minimum atomic E-state index is -0.162. The lowest BCUT2D eigenvalue weighted by molar-refractivity contribution is -0.145. The van der Waals surface area contributed by atoms with Crippen LogP contribution in [0.4, 0.5) is 0 Å². The molecule has 1 rings (SSSR count). The highest BCUT2D eigenvalue weighted by atomic mass is 16.5. The zero-order valence-corrected chi connectivity index (χ0v) is 10.0. The smallest absolute Gasteiger partial charge is 0.308 e. The van der Waals surface area contributed by atoms with Crippen LogP contribution in [-0.2, 0) is 9.53 Å². The Kier molecular flexibility index (Phi) is 4.77. The third-order valence-corrected chi connectivity index (χ3v) is 2.75. The standard InChI is InChI=1S/C14H18O2/c1-11(12(2)14(15)16-3)9-10-13-7-5-4-6-8-13/h4-12H,1-3H3/b10-9+. The third kappa shape index (κ3) is 3.54. The largest absolute Gasteiger partial charge is 0.469 e. The zero-order chi connectivity index (χ0) is 12.0. The number of ether oxygens (including phenoxy) is 1. The molecule has 86 valence electrons. The summed E-state index contributed by atoms with van der Waals surface area (Å²) in [6.07, 6.45) is 4.07. The normalized spacial score (nSPS) is 14.7. The van der Waals surface area contributed by atoms with Crippen LogP contribution in [0, 0.1) is 11.8 Å². The molecule has 0 radical (unpaired) electrons. The van der Waals surface area contributed by atoms with Crippen LogP contribution in [-0.4, -0.2) is 13.1 Å². The van der Waals surface area contributed by atoms with Gasteiger partial charge in [0, 0.05) is 0 Å². The van der Waals surface area contributed by atoms with Crippen molar-refractivity contribution in [1.82, 2.24) is 0 Å². The van der Waals surface area contributed by atoms with Gasteiger partial charge in [0.05, 0.1) is 13.0 Å². The van der Waals surface area contributed by atoms with Crippen LogP contribution in [0.1, 0.15) is 19.4 Å². The molecule has 0 aliphatic heterocycles. The SMILES string of the molecule is COC(=O)C(C)C(C)/C=C/c1ccccc1. The summed E-state index contributed by atoms with van der Waals surface area (Å²) < 4.78 is 4.71. The molecule has 2 atom stereocenters. The van der Waals surface area contributed by atoms with Gasteiger partial charge in [0.2, 0.25) is 0 Å². The molecule has 0 aromatic heterocycles. The molecule has 0 fully saturated rings. The number of carbonyl (C=O) groups is 1. The van der Waals surface area contributed by atoms with Crippen LogP contribution in [0.5, 0.6) is 0 Å².